The minimum Gasteiger partial charge on any atom is -0.402 e. The first-order valence-electron chi connectivity index (χ1n) is 12.6. The Labute approximate surface area is 237 Å². The molecule has 0 spiro atoms. The molecule has 1 aromatic carbocycles. The van der Waals surface area contributed by atoms with Gasteiger partial charge < -0.3 is 15.0 Å². The average molecular weight is 621 g/mol. The smallest absolute Gasteiger partial charge is 0.402 e. The number of rotatable bonds is 2. The van der Waals surface area contributed by atoms with Gasteiger partial charge in [-0.3, -0.25) is 9.59 Å². The van der Waals surface area contributed by atoms with Gasteiger partial charge in [-0.15, -0.1) is 13.2 Å². The molecular weight excluding hydrogens is 596 g/mol. The number of fused-ring (bicyclic) bond motifs is 1. The first kappa shape index (κ1) is 32.9. The lowest BCUT2D eigenvalue weighted by Gasteiger charge is -2.09. The van der Waals surface area contributed by atoms with Crippen LogP contribution in [0.1, 0.15) is 44.1 Å². The van der Waals surface area contributed by atoms with Crippen LogP contribution in [0, 0.1) is 11.6 Å². The third-order valence-electron chi connectivity index (χ3n) is 5.99. The Bertz CT molecular complexity index is 1650. The number of hydrogen-bond donors (Lipinski definition) is 2. The SMILES string of the molecule is C1CCCCC1.Cn1cc(F)c2cc(-c3ncc(OC(F)(F)F)cn3)c(F)cc2c1=O.Nc1cn[nH]c(=O)c1C(F)(F)F. The molecule has 0 amide bonds. The van der Waals surface area contributed by atoms with Gasteiger partial charge in [0.2, 0.25) is 0 Å². The molecule has 0 atom stereocenters. The van der Waals surface area contributed by atoms with Crippen molar-refractivity contribution >= 4 is 16.5 Å². The van der Waals surface area contributed by atoms with E-state index in [0.29, 0.717) is 12.4 Å². The van der Waals surface area contributed by atoms with Gasteiger partial charge in [-0.2, -0.15) is 18.3 Å². The number of anilines is 1. The maximum atomic E-state index is 14.3. The van der Waals surface area contributed by atoms with Crippen LogP contribution in [0.2, 0.25) is 0 Å². The summed E-state index contributed by atoms with van der Waals surface area (Å²) in [6.07, 6.45) is 2.44. The first-order valence-corrected chi connectivity index (χ1v) is 12.6. The Morgan fingerprint density at radius 1 is 0.860 bits per heavy atom. The van der Waals surface area contributed by atoms with Gasteiger partial charge in [0.25, 0.3) is 11.1 Å². The number of hydrogen-bond acceptors (Lipinski definition) is 7. The van der Waals surface area contributed by atoms with E-state index < -0.39 is 52.3 Å². The second-order valence-corrected chi connectivity index (χ2v) is 9.21. The van der Waals surface area contributed by atoms with Crippen molar-refractivity contribution in [2.75, 3.05) is 5.73 Å². The second kappa shape index (κ2) is 13.6. The highest BCUT2D eigenvalue weighted by molar-refractivity contribution is 5.86. The number of pyridine rings is 1. The zero-order valence-electron chi connectivity index (χ0n) is 22.3. The molecule has 43 heavy (non-hydrogen) atoms. The molecular formula is C26H24F8N6O3. The van der Waals surface area contributed by atoms with E-state index >= 15 is 0 Å². The van der Waals surface area contributed by atoms with Crippen LogP contribution in [-0.2, 0) is 13.2 Å². The van der Waals surface area contributed by atoms with Crippen molar-refractivity contribution in [1.82, 2.24) is 24.7 Å². The minimum absolute atomic E-state index is 0.154. The summed E-state index contributed by atoms with van der Waals surface area (Å²) >= 11 is 0. The van der Waals surface area contributed by atoms with Crippen molar-refractivity contribution in [2.45, 2.75) is 51.1 Å². The van der Waals surface area contributed by atoms with Gasteiger partial charge in [-0.1, -0.05) is 38.5 Å². The molecule has 17 heteroatoms. The highest BCUT2D eigenvalue weighted by Crippen LogP contribution is 2.30. The third kappa shape index (κ3) is 8.96. The van der Waals surface area contributed by atoms with Crippen molar-refractivity contribution in [1.29, 1.82) is 0 Å². The number of benzene rings is 1. The Kier molecular flexibility index (Phi) is 10.4. The third-order valence-corrected chi connectivity index (χ3v) is 5.99. The van der Waals surface area contributed by atoms with E-state index in [0.717, 1.165) is 29.1 Å². The number of halogens is 8. The van der Waals surface area contributed by atoms with Crippen LogP contribution in [0.3, 0.4) is 0 Å². The molecule has 4 aromatic rings. The Hall–Kier alpha value is -4.57. The highest BCUT2D eigenvalue weighted by Gasteiger charge is 2.36. The van der Waals surface area contributed by atoms with Gasteiger partial charge in [0.1, 0.15) is 17.2 Å². The number of H-pyrrole nitrogens is 1. The van der Waals surface area contributed by atoms with Gasteiger partial charge in [-0.05, 0) is 12.1 Å². The maximum Gasteiger partial charge on any atom is 0.573 e. The van der Waals surface area contributed by atoms with Crippen LogP contribution in [-0.4, -0.2) is 31.1 Å². The minimum atomic E-state index is -4.91. The van der Waals surface area contributed by atoms with Crippen LogP contribution >= 0.6 is 0 Å². The fourth-order valence-electron chi connectivity index (χ4n) is 4.01. The summed E-state index contributed by atoms with van der Waals surface area (Å²) in [6, 6.07) is 1.86. The number of nitrogens with zero attached hydrogens (tertiary/aromatic N) is 4. The van der Waals surface area contributed by atoms with E-state index in [4.69, 9.17) is 5.73 Å². The van der Waals surface area contributed by atoms with E-state index in [2.05, 4.69) is 19.8 Å². The van der Waals surface area contributed by atoms with Gasteiger partial charge in [-0.25, -0.2) is 23.8 Å². The van der Waals surface area contributed by atoms with Gasteiger partial charge in [0, 0.05) is 18.6 Å². The van der Waals surface area contributed by atoms with E-state index in [1.54, 1.807) is 5.10 Å². The number of alkyl halides is 6. The standard InChI is InChI=1S/C15H8F5N3O2.C6H12.C5H4F3N3O/c1-23-6-12(17)8-2-10(11(16)3-9(8)14(23)24)13-21-4-7(5-22-13)25-15(18,19)20;1-2-4-6-5-3-1;6-5(7,8)3-2(9)1-10-11-4(3)12/h2-6H,1H3;1-6H2;1H,(H3,9,11,12). The molecule has 1 fully saturated rings. The van der Waals surface area contributed by atoms with Gasteiger partial charge >= 0.3 is 12.5 Å². The number of aryl methyl sites for hydroxylation is 1. The zero-order chi connectivity index (χ0) is 31.9. The van der Waals surface area contributed by atoms with E-state index in [1.165, 1.54) is 45.6 Å². The fourth-order valence-corrected chi connectivity index (χ4v) is 4.01. The molecule has 0 aliphatic heterocycles. The lowest BCUT2D eigenvalue weighted by atomic mass is 10.0. The number of nitrogens with two attached hydrogens (primary N) is 1. The molecule has 3 aromatic heterocycles. The van der Waals surface area contributed by atoms with E-state index in [-0.39, 0.29) is 22.2 Å². The summed E-state index contributed by atoms with van der Waals surface area (Å²) in [5.74, 6) is -2.65. The Morgan fingerprint density at radius 3 is 1.88 bits per heavy atom. The van der Waals surface area contributed by atoms with Crippen LogP contribution in [0.15, 0.2) is 46.5 Å². The van der Waals surface area contributed by atoms with E-state index in [1.807, 2.05) is 0 Å². The molecule has 0 unspecified atom stereocenters. The molecule has 0 bridgehead atoms. The van der Waals surface area contributed by atoms with Crippen LogP contribution in [0.5, 0.6) is 5.75 Å². The molecule has 232 valence electrons. The summed E-state index contributed by atoms with van der Waals surface area (Å²) in [7, 11) is 1.32. The molecule has 1 aliphatic rings. The summed E-state index contributed by atoms with van der Waals surface area (Å²) in [4.78, 5) is 29.7. The zero-order valence-corrected chi connectivity index (χ0v) is 22.3. The van der Waals surface area contributed by atoms with Crippen molar-refractivity contribution in [3.8, 4) is 17.1 Å². The van der Waals surface area contributed by atoms with Crippen LogP contribution in [0.25, 0.3) is 22.2 Å². The fraction of sp³-hybridized carbons (Fsp3) is 0.346. The molecule has 3 heterocycles. The largest absolute Gasteiger partial charge is 0.573 e. The van der Waals surface area contributed by atoms with E-state index in [9.17, 15) is 44.7 Å². The Morgan fingerprint density at radius 2 is 1.42 bits per heavy atom. The summed E-state index contributed by atoms with van der Waals surface area (Å²) in [5.41, 5.74) is 0.628. The average Bonchev–Trinajstić information content (AvgIpc) is 2.92. The number of aromatic nitrogens is 5. The normalized spacial score (nSPS) is 13.4. The molecule has 0 saturated heterocycles. The lowest BCUT2D eigenvalue weighted by molar-refractivity contribution is -0.274. The number of ether oxygens (including phenoxy) is 1. The number of nitrogens with one attached hydrogen (secondary N) is 1. The van der Waals surface area contributed by atoms with Gasteiger partial charge in [0.05, 0.1) is 35.2 Å². The number of nitrogen functional groups attached to an aromatic ring is 1. The molecule has 5 rings (SSSR count). The monoisotopic (exact) mass is 620 g/mol. The highest BCUT2D eigenvalue weighted by atomic mass is 19.4. The van der Waals surface area contributed by atoms with Crippen molar-refractivity contribution in [3.63, 3.8) is 0 Å². The molecule has 1 saturated carbocycles. The maximum absolute atomic E-state index is 14.3. The summed E-state index contributed by atoms with van der Waals surface area (Å²) < 4.78 is 105. The topological polar surface area (TPSA) is 129 Å². The number of aromatic amines is 1. The predicted molar refractivity (Wildman–Crippen MR) is 139 cm³/mol. The summed E-state index contributed by atoms with van der Waals surface area (Å²) in [6.45, 7) is 0. The second-order valence-electron chi connectivity index (χ2n) is 9.21. The molecule has 1 aliphatic carbocycles. The van der Waals surface area contributed by atoms with Crippen molar-refractivity contribution in [3.05, 3.63) is 74.8 Å². The molecule has 9 nitrogen and oxygen atoms in total. The van der Waals surface area contributed by atoms with Crippen molar-refractivity contribution in [2.24, 2.45) is 7.05 Å². The molecule has 0 radical (unpaired) electrons. The van der Waals surface area contributed by atoms with Crippen LogP contribution < -0.4 is 21.6 Å². The summed E-state index contributed by atoms with van der Waals surface area (Å²) in [5, 5.41) is 4.40. The predicted octanol–water partition coefficient (Wildman–Crippen LogP) is 5.88. The first-order chi connectivity index (χ1) is 20.1. The lowest BCUT2D eigenvalue weighted by Crippen LogP contribution is -2.24. The van der Waals surface area contributed by atoms with Crippen LogP contribution in [0.4, 0.5) is 40.8 Å². The Balaban J connectivity index is 0.000000231. The van der Waals surface area contributed by atoms with Crippen molar-refractivity contribution < 1.29 is 39.9 Å². The quantitative estimate of drug-likeness (QED) is 0.268. The van der Waals surface area contributed by atoms with Gasteiger partial charge in [0.15, 0.2) is 11.6 Å². The molecule has 3 N–H and O–H groups in total.